The summed E-state index contributed by atoms with van der Waals surface area (Å²) in [7, 11) is 0. The van der Waals surface area contributed by atoms with E-state index in [2.05, 4.69) is 4.74 Å². The van der Waals surface area contributed by atoms with E-state index in [1.165, 1.54) is 0 Å². The van der Waals surface area contributed by atoms with Crippen molar-refractivity contribution in [2.24, 2.45) is 0 Å². The summed E-state index contributed by atoms with van der Waals surface area (Å²) in [6.45, 7) is 3.88. The Morgan fingerprint density at radius 2 is 2.27 bits per heavy atom. The second kappa shape index (κ2) is 3.13. The Balaban J connectivity index is 2.64. The van der Waals surface area contributed by atoms with Crippen molar-refractivity contribution < 1.29 is 14.3 Å². The number of carbonyl (C=O) groups is 1. The number of esters is 1. The normalized spacial score (nSPS) is 17.6. The first-order valence-electron chi connectivity index (χ1n) is 3.33. The van der Waals surface area contributed by atoms with Crippen LogP contribution in [0.5, 0.6) is 0 Å². The van der Waals surface area contributed by atoms with Crippen molar-refractivity contribution in [3.8, 4) is 0 Å². The first-order valence-corrected chi connectivity index (χ1v) is 3.71. The minimum Gasteiger partial charge on any atom is -0.490 e. The molecule has 0 aromatic carbocycles. The number of hydrogen-bond acceptors (Lipinski definition) is 3. The number of cyclic esters (lactones) is 1. The van der Waals surface area contributed by atoms with Gasteiger partial charge in [0.05, 0.1) is 6.10 Å². The molecule has 0 spiro atoms. The Kier molecular flexibility index (Phi) is 2.39. The average Bonchev–Trinajstić information content (AvgIpc) is 2.18. The van der Waals surface area contributed by atoms with E-state index in [1.807, 2.05) is 13.8 Å². The lowest BCUT2D eigenvalue weighted by Gasteiger charge is -2.08. The molecule has 4 heteroatoms. The lowest BCUT2D eigenvalue weighted by atomic mass is 10.4. The van der Waals surface area contributed by atoms with Gasteiger partial charge in [0.25, 0.3) is 0 Å². The van der Waals surface area contributed by atoms with E-state index in [-0.39, 0.29) is 17.7 Å². The second-order valence-corrected chi connectivity index (χ2v) is 2.86. The van der Waals surface area contributed by atoms with Crippen LogP contribution in [0.2, 0.25) is 0 Å². The number of rotatable bonds is 2. The summed E-state index contributed by atoms with van der Waals surface area (Å²) >= 11 is 5.55. The molecule has 11 heavy (non-hydrogen) atoms. The number of hydrogen-bond donors (Lipinski definition) is 0. The van der Waals surface area contributed by atoms with Crippen molar-refractivity contribution in [1.82, 2.24) is 0 Å². The van der Waals surface area contributed by atoms with E-state index < -0.39 is 5.97 Å². The van der Waals surface area contributed by atoms with Gasteiger partial charge in [-0.3, -0.25) is 0 Å². The summed E-state index contributed by atoms with van der Waals surface area (Å²) in [5, 5.41) is 0.0682. The molecule has 1 heterocycles. The van der Waals surface area contributed by atoms with Crippen LogP contribution in [-0.4, -0.2) is 18.7 Å². The third-order valence-corrected chi connectivity index (χ3v) is 1.50. The van der Waals surface area contributed by atoms with Gasteiger partial charge >= 0.3 is 5.97 Å². The molecule has 0 amide bonds. The van der Waals surface area contributed by atoms with Gasteiger partial charge in [0.2, 0.25) is 0 Å². The fourth-order valence-electron chi connectivity index (χ4n) is 0.742. The molecule has 1 rings (SSSR count). The molecule has 0 radical (unpaired) electrons. The second-order valence-electron chi connectivity index (χ2n) is 2.48. The van der Waals surface area contributed by atoms with Gasteiger partial charge < -0.3 is 9.47 Å². The topological polar surface area (TPSA) is 35.5 Å². The lowest BCUT2D eigenvalue weighted by molar-refractivity contribution is -0.135. The molecular formula is C7H9ClO3. The van der Waals surface area contributed by atoms with Crippen LogP contribution in [0, 0.1) is 0 Å². The van der Waals surface area contributed by atoms with E-state index in [0.717, 1.165) is 0 Å². The molecule has 0 unspecified atom stereocenters. The van der Waals surface area contributed by atoms with Crippen molar-refractivity contribution in [2.75, 3.05) is 6.61 Å². The summed E-state index contributed by atoms with van der Waals surface area (Å²) in [5.74, 6) is -0.0611. The van der Waals surface area contributed by atoms with Crippen molar-refractivity contribution in [2.45, 2.75) is 20.0 Å². The van der Waals surface area contributed by atoms with Crippen LogP contribution < -0.4 is 0 Å². The quantitative estimate of drug-likeness (QED) is 0.597. The highest BCUT2D eigenvalue weighted by molar-refractivity contribution is 6.42. The molecule has 0 saturated carbocycles. The predicted octanol–water partition coefficient (Wildman–Crippen LogP) is 1.42. The minimum atomic E-state index is -0.498. The Hall–Kier alpha value is -0.700. The maximum absolute atomic E-state index is 10.7. The van der Waals surface area contributed by atoms with E-state index in [4.69, 9.17) is 16.3 Å². The Morgan fingerprint density at radius 3 is 2.64 bits per heavy atom. The molecule has 0 aromatic heterocycles. The maximum Gasteiger partial charge on any atom is 0.353 e. The van der Waals surface area contributed by atoms with E-state index in [0.29, 0.717) is 5.76 Å². The van der Waals surface area contributed by atoms with Gasteiger partial charge in [-0.1, -0.05) is 11.6 Å². The minimum absolute atomic E-state index is 0.0215. The highest BCUT2D eigenvalue weighted by Crippen LogP contribution is 2.21. The molecule has 1 aliphatic heterocycles. The highest BCUT2D eigenvalue weighted by atomic mass is 35.5. The lowest BCUT2D eigenvalue weighted by Crippen LogP contribution is -2.03. The first kappa shape index (κ1) is 8.40. The van der Waals surface area contributed by atoms with Crippen LogP contribution in [0.1, 0.15) is 13.8 Å². The van der Waals surface area contributed by atoms with E-state index in [1.54, 1.807) is 0 Å². The average molecular weight is 177 g/mol. The molecule has 0 aromatic rings. The third kappa shape index (κ3) is 1.87. The van der Waals surface area contributed by atoms with Gasteiger partial charge in [0.15, 0.2) is 17.4 Å². The number of halogens is 1. The van der Waals surface area contributed by atoms with Gasteiger partial charge in [-0.2, -0.15) is 0 Å². The Bertz CT molecular complexity index is 208. The molecule has 0 atom stereocenters. The number of carbonyl (C=O) groups excluding carboxylic acids is 1. The van der Waals surface area contributed by atoms with Crippen molar-refractivity contribution >= 4 is 17.6 Å². The van der Waals surface area contributed by atoms with Crippen LogP contribution in [0.15, 0.2) is 10.8 Å². The van der Waals surface area contributed by atoms with Crippen LogP contribution in [0.25, 0.3) is 0 Å². The summed E-state index contributed by atoms with van der Waals surface area (Å²) in [4.78, 5) is 10.7. The van der Waals surface area contributed by atoms with Gasteiger partial charge in [-0.05, 0) is 13.8 Å². The highest BCUT2D eigenvalue weighted by Gasteiger charge is 2.24. The fourth-order valence-corrected chi connectivity index (χ4v) is 0.896. The van der Waals surface area contributed by atoms with Crippen LogP contribution in [0.3, 0.4) is 0 Å². The fraction of sp³-hybridized carbons (Fsp3) is 0.571. The summed E-state index contributed by atoms with van der Waals surface area (Å²) < 4.78 is 9.80. The van der Waals surface area contributed by atoms with Crippen LogP contribution >= 0.6 is 11.6 Å². The van der Waals surface area contributed by atoms with Crippen molar-refractivity contribution in [1.29, 1.82) is 0 Å². The predicted molar refractivity (Wildman–Crippen MR) is 40.1 cm³/mol. The zero-order valence-electron chi connectivity index (χ0n) is 6.39. The Labute approximate surface area is 69.9 Å². The molecule has 0 bridgehead atoms. The SMILES string of the molecule is CC(C)OC1=C(Cl)C(=O)OC1. The summed E-state index contributed by atoms with van der Waals surface area (Å²) in [6.07, 6.45) is 0.0215. The Morgan fingerprint density at radius 1 is 1.64 bits per heavy atom. The molecule has 62 valence electrons. The molecular weight excluding hydrogens is 168 g/mol. The largest absolute Gasteiger partial charge is 0.490 e. The summed E-state index contributed by atoms with van der Waals surface area (Å²) in [6, 6.07) is 0. The van der Waals surface area contributed by atoms with Crippen molar-refractivity contribution in [3.63, 3.8) is 0 Å². The first-order chi connectivity index (χ1) is 5.11. The van der Waals surface area contributed by atoms with Crippen LogP contribution in [0.4, 0.5) is 0 Å². The zero-order chi connectivity index (χ0) is 8.43. The van der Waals surface area contributed by atoms with Crippen LogP contribution in [-0.2, 0) is 14.3 Å². The molecule has 1 aliphatic rings. The van der Waals surface area contributed by atoms with E-state index in [9.17, 15) is 4.79 Å². The third-order valence-electron chi connectivity index (χ3n) is 1.14. The number of ether oxygens (including phenoxy) is 2. The molecule has 3 nitrogen and oxygen atoms in total. The molecule has 0 saturated heterocycles. The zero-order valence-corrected chi connectivity index (χ0v) is 7.14. The standard InChI is InChI=1S/C7H9ClO3/c1-4(2)11-5-3-10-7(9)6(5)8/h4H,3H2,1-2H3. The molecule has 0 fully saturated rings. The van der Waals surface area contributed by atoms with Gasteiger partial charge in [-0.25, -0.2) is 4.79 Å². The maximum atomic E-state index is 10.7. The summed E-state index contributed by atoms with van der Waals surface area (Å²) in [5.41, 5.74) is 0. The molecule has 0 aliphatic carbocycles. The monoisotopic (exact) mass is 176 g/mol. The smallest absolute Gasteiger partial charge is 0.353 e. The van der Waals surface area contributed by atoms with Crippen molar-refractivity contribution in [3.05, 3.63) is 10.8 Å². The van der Waals surface area contributed by atoms with Gasteiger partial charge in [0.1, 0.15) is 0 Å². The molecule has 0 N–H and O–H groups in total. The van der Waals surface area contributed by atoms with E-state index >= 15 is 0 Å². The van der Waals surface area contributed by atoms with Gasteiger partial charge in [-0.15, -0.1) is 0 Å². The van der Waals surface area contributed by atoms with Gasteiger partial charge in [0, 0.05) is 0 Å².